The van der Waals surface area contributed by atoms with Gasteiger partial charge in [-0.25, -0.2) is 4.98 Å². The zero-order valence-electron chi connectivity index (χ0n) is 15.3. The van der Waals surface area contributed by atoms with Gasteiger partial charge in [0.1, 0.15) is 0 Å². The Labute approximate surface area is 157 Å². The number of aryl methyl sites for hydroxylation is 1. The summed E-state index contributed by atoms with van der Waals surface area (Å²) in [7, 11) is 1.56. The average Bonchev–Trinajstić information content (AvgIpc) is 3.18. The zero-order valence-corrected chi connectivity index (χ0v) is 15.3. The number of amides is 2. The van der Waals surface area contributed by atoms with Crippen LogP contribution in [0.4, 0.5) is 0 Å². The van der Waals surface area contributed by atoms with Crippen molar-refractivity contribution in [2.75, 3.05) is 13.6 Å². The highest BCUT2D eigenvalue weighted by atomic mass is 16.4. The Morgan fingerprint density at radius 1 is 1.07 bits per heavy atom. The molecule has 0 radical (unpaired) electrons. The molecule has 27 heavy (non-hydrogen) atoms. The largest absolute Gasteiger partial charge is 0.436 e. The number of hydrogen-bond donors (Lipinski definition) is 2. The number of nitrogens with zero attached hydrogens (tertiary/aromatic N) is 1. The molecule has 0 bridgehead atoms. The predicted molar refractivity (Wildman–Crippen MR) is 103 cm³/mol. The van der Waals surface area contributed by atoms with E-state index in [1.807, 2.05) is 37.3 Å². The highest BCUT2D eigenvalue weighted by Crippen LogP contribution is 2.28. The standard InChI is InChI=1S/C21H21N3O3/c1-14-7-9-15(10-8-14)18-13-24-21(27-18)17-6-4-3-5-16(17)20(26)23-12-11-19(25)22-2/h3-10,13H,11-12H2,1-2H3,(H,22,25)(H,23,26). The van der Waals surface area contributed by atoms with Gasteiger partial charge < -0.3 is 15.1 Å². The first-order valence-electron chi connectivity index (χ1n) is 8.69. The molecule has 6 nitrogen and oxygen atoms in total. The maximum Gasteiger partial charge on any atom is 0.252 e. The summed E-state index contributed by atoms with van der Waals surface area (Å²) in [5.41, 5.74) is 3.14. The molecule has 0 saturated heterocycles. The summed E-state index contributed by atoms with van der Waals surface area (Å²) in [5.74, 6) is 0.617. The van der Waals surface area contributed by atoms with Crippen LogP contribution in [0.25, 0.3) is 22.8 Å². The van der Waals surface area contributed by atoms with Gasteiger partial charge in [-0.05, 0) is 19.1 Å². The van der Waals surface area contributed by atoms with Gasteiger partial charge in [-0.2, -0.15) is 0 Å². The minimum atomic E-state index is -0.274. The molecule has 0 aliphatic rings. The number of nitrogens with one attached hydrogen (secondary N) is 2. The molecule has 2 N–H and O–H groups in total. The van der Waals surface area contributed by atoms with Crippen molar-refractivity contribution >= 4 is 11.8 Å². The molecular formula is C21H21N3O3. The van der Waals surface area contributed by atoms with Crippen LogP contribution in [0.3, 0.4) is 0 Å². The van der Waals surface area contributed by atoms with Gasteiger partial charge in [-0.15, -0.1) is 0 Å². The van der Waals surface area contributed by atoms with Crippen LogP contribution in [0.1, 0.15) is 22.3 Å². The molecule has 2 aromatic carbocycles. The van der Waals surface area contributed by atoms with E-state index in [2.05, 4.69) is 15.6 Å². The van der Waals surface area contributed by atoms with Crippen LogP contribution >= 0.6 is 0 Å². The van der Waals surface area contributed by atoms with Crippen LogP contribution in [0, 0.1) is 6.92 Å². The van der Waals surface area contributed by atoms with Crippen molar-refractivity contribution in [2.45, 2.75) is 13.3 Å². The van der Waals surface area contributed by atoms with Gasteiger partial charge >= 0.3 is 0 Å². The van der Waals surface area contributed by atoms with Crippen molar-refractivity contribution in [3.8, 4) is 22.8 Å². The SMILES string of the molecule is CNC(=O)CCNC(=O)c1ccccc1-c1ncc(-c2ccc(C)cc2)o1. The number of carbonyl (C=O) groups is 2. The quantitative estimate of drug-likeness (QED) is 0.704. The average molecular weight is 363 g/mol. The molecule has 6 heteroatoms. The molecule has 0 unspecified atom stereocenters. The molecular weight excluding hydrogens is 342 g/mol. The topological polar surface area (TPSA) is 84.2 Å². The van der Waals surface area contributed by atoms with Gasteiger partial charge in [0.15, 0.2) is 5.76 Å². The molecule has 138 valence electrons. The van der Waals surface area contributed by atoms with Gasteiger partial charge in [0.2, 0.25) is 11.8 Å². The van der Waals surface area contributed by atoms with Crippen LogP contribution in [0.2, 0.25) is 0 Å². The molecule has 0 atom stereocenters. The smallest absolute Gasteiger partial charge is 0.252 e. The molecule has 2 amide bonds. The van der Waals surface area contributed by atoms with Crippen LogP contribution in [0.5, 0.6) is 0 Å². The van der Waals surface area contributed by atoms with Gasteiger partial charge in [0.05, 0.1) is 11.8 Å². The Balaban J connectivity index is 1.81. The van der Waals surface area contributed by atoms with E-state index in [1.165, 1.54) is 0 Å². The molecule has 3 rings (SSSR count). The summed E-state index contributed by atoms with van der Waals surface area (Å²) in [6.07, 6.45) is 1.88. The van der Waals surface area contributed by atoms with Crippen molar-refractivity contribution < 1.29 is 14.0 Å². The van der Waals surface area contributed by atoms with Crippen molar-refractivity contribution in [2.24, 2.45) is 0 Å². The molecule has 0 fully saturated rings. The lowest BCUT2D eigenvalue weighted by Crippen LogP contribution is -2.29. The molecule has 0 aliphatic heterocycles. The Hall–Kier alpha value is -3.41. The van der Waals surface area contributed by atoms with Gasteiger partial charge in [0, 0.05) is 31.1 Å². The van der Waals surface area contributed by atoms with Crippen molar-refractivity contribution in [3.63, 3.8) is 0 Å². The van der Waals surface area contributed by atoms with E-state index in [0.717, 1.165) is 11.1 Å². The fraction of sp³-hybridized carbons (Fsp3) is 0.190. The molecule has 0 spiro atoms. The van der Waals surface area contributed by atoms with Crippen LogP contribution in [-0.4, -0.2) is 30.4 Å². The summed E-state index contributed by atoms with van der Waals surface area (Å²) in [5, 5.41) is 5.27. The lowest BCUT2D eigenvalue weighted by Gasteiger charge is -2.08. The maximum absolute atomic E-state index is 12.5. The number of benzene rings is 2. The van der Waals surface area contributed by atoms with E-state index < -0.39 is 0 Å². The number of carbonyl (C=O) groups excluding carboxylic acids is 2. The summed E-state index contributed by atoms with van der Waals surface area (Å²) >= 11 is 0. The fourth-order valence-electron chi connectivity index (χ4n) is 2.63. The van der Waals surface area contributed by atoms with E-state index in [-0.39, 0.29) is 24.8 Å². The van der Waals surface area contributed by atoms with Crippen LogP contribution < -0.4 is 10.6 Å². The number of rotatable bonds is 6. The fourth-order valence-corrected chi connectivity index (χ4v) is 2.63. The first-order valence-corrected chi connectivity index (χ1v) is 8.69. The second-order valence-electron chi connectivity index (χ2n) is 6.12. The highest BCUT2D eigenvalue weighted by Gasteiger charge is 2.17. The minimum absolute atomic E-state index is 0.126. The van der Waals surface area contributed by atoms with Crippen LogP contribution in [0.15, 0.2) is 59.1 Å². The first-order chi connectivity index (χ1) is 13.1. The maximum atomic E-state index is 12.5. The Kier molecular flexibility index (Phi) is 5.66. The lowest BCUT2D eigenvalue weighted by molar-refractivity contribution is -0.120. The van der Waals surface area contributed by atoms with Crippen molar-refractivity contribution in [3.05, 3.63) is 65.9 Å². The minimum Gasteiger partial charge on any atom is -0.436 e. The zero-order chi connectivity index (χ0) is 19.2. The van der Waals surface area contributed by atoms with E-state index in [4.69, 9.17) is 4.42 Å². The highest BCUT2D eigenvalue weighted by molar-refractivity contribution is 6.00. The van der Waals surface area contributed by atoms with E-state index in [1.54, 1.807) is 31.4 Å². The summed E-state index contributed by atoms with van der Waals surface area (Å²) in [6, 6.07) is 15.1. The normalized spacial score (nSPS) is 10.4. The third-order valence-corrected chi connectivity index (χ3v) is 4.16. The number of hydrogen-bond acceptors (Lipinski definition) is 4. The lowest BCUT2D eigenvalue weighted by atomic mass is 10.1. The monoisotopic (exact) mass is 363 g/mol. The van der Waals surface area contributed by atoms with Crippen molar-refractivity contribution in [1.29, 1.82) is 0 Å². The molecule has 3 aromatic rings. The summed E-state index contributed by atoms with van der Waals surface area (Å²) < 4.78 is 5.89. The second-order valence-corrected chi connectivity index (χ2v) is 6.12. The molecule has 1 heterocycles. The molecule has 0 aliphatic carbocycles. The van der Waals surface area contributed by atoms with E-state index in [9.17, 15) is 9.59 Å². The van der Waals surface area contributed by atoms with E-state index >= 15 is 0 Å². The van der Waals surface area contributed by atoms with E-state index in [0.29, 0.717) is 22.8 Å². The predicted octanol–water partition coefficient (Wildman–Crippen LogP) is 3.18. The Bertz CT molecular complexity index is 945. The summed E-state index contributed by atoms with van der Waals surface area (Å²) in [4.78, 5) is 28.1. The number of aromatic nitrogens is 1. The summed E-state index contributed by atoms with van der Waals surface area (Å²) in [6.45, 7) is 2.28. The second kappa shape index (κ2) is 8.31. The molecule has 0 saturated carbocycles. The molecule has 1 aromatic heterocycles. The Morgan fingerprint density at radius 3 is 2.56 bits per heavy atom. The van der Waals surface area contributed by atoms with Gasteiger partial charge in [0.25, 0.3) is 5.91 Å². The van der Waals surface area contributed by atoms with Crippen LogP contribution in [-0.2, 0) is 4.79 Å². The third-order valence-electron chi connectivity index (χ3n) is 4.16. The Morgan fingerprint density at radius 2 is 1.81 bits per heavy atom. The third kappa shape index (κ3) is 4.41. The van der Waals surface area contributed by atoms with Gasteiger partial charge in [-0.1, -0.05) is 42.0 Å². The first kappa shape index (κ1) is 18.4. The van der Waals surface area contributed by atoms with Gasteiger partial charge in [-0.3, -0.25) is 9.59 Å². The van der Waals surface area contributed by atoms with Crippen molar-refractivity contribution in [1.82, 2.24) is 15.6 Å². The number of oxazole rings is 1.